The Labute approximate surface area is 135 Å². The fourth-order valence-corrected chi connectivity index (χ4v) is 2.96. The molecule has 3 aliphatic carbocycles. The Kier molecular flexibility index (Phi) is 5.76. The second kappa shape index (κ2) is 7.58. The van der Waals surface area contributed by atoms with Crippen molar-refractivity contribution in [3.8, 4) is 0 Å². The van der Waals surface area contributed by atoms with Crippen LogP contribution in [0.25, 0.3) is 17.7 Å². The number of nitrogens with zero attached hydrogens (tertiary/aromatic N) is 1. The molecule has 0 radical (unpaired) electrons. The molecule has 0 bridgehead atoms. The number of hydrogen-bond acceptors (Lipinski definition) is 1. The molecule has 1 nitrogen and oxygen atoms in total. The SMILES string of the molecule is CC.CC.CC1C=c2ncc(C3=CC4CC4C=C3)cc2=CC1. The molecular formula is C21H29N. The second-order valence-corrected chi connectivity index (χ2v) is 5.83. The van der Waals surface area contributed by atoms with Crippen molar-refractivity contribution in [3.63, 3.8) is 0 Å². The van der Waals surface area contributed by atoms with Crippen LogP contribution in [0.3, 0.4) is 0 Å². The molecule has 1 aromatic rings. The highest BCUT2D eigenvalue weighted by Crippen LogP contribution is 2.45. The van der Waals surface area contributed by atoms with Gasteiger partial charge in [-0.15, -0.1) is 0 Å². The lowest BCUT2D eigenvalue weighted by Crippen LogP contribution is -2.31. The number of rotatable bonds is 1. The van der Waals surface area contributed by atoms with Crippen molar-refractivity contribution in [1.82, 2.24) is 4.98 Å². The Bertz CT molecular complexity index is 678. The van der Waals surface area contributed by atoms with Gasteiger partial charge in [0.25, 0.3) is 0 Å². The fourth-order valence-electron chi connectivity index (χ4n) is 2.96. The van der Waals surface area contributed by atoms with Gasteiger partial charge in [0.2, 0.25) is 0 Å². The van der Waals surface area contributed by atoms with Crippen LogP contribution in [0.15, 0.2) is 30.5 Å². The van der Waals surface area contributed by atoms with E-state index < -0.39 is 0 Å². The van der Waals surface area contributed by atoms with Gasteiger partial charge >= 0.3 is 0 Å². The van der Waals surface area contributed by atoms with Crippen LogP contribution in [0.1, 0.15) is 53.0 Å². The molecule has 0 spiro atoms. The molecule has 0 N–H and O–H groups in total. The Balaban J connectivity index is 0.000000410. The van der Waals surface area contributed by atoms with Gasteiger partial charge in [-0.2, -0.15) is 0 Å². The van der Waals surface area contributed by atoms with E-state index in [9.17, 15) is 0 Å². The highest BCUT2D eigenvalue weighted by Gasteiger charge is 2.35. The van der Waals surface area contributed by atoms with E-state index in [1.54, 1.807) is 0 Å². The molecule has 4 rings (SSSR count). The molecule has 22 heavy (non-hydrogen) atoms. The maximum Gasteiger partial charge on any atom is 0.0662 e. The van der Waals surface area contributed by atoms with Crippen molar-refractivity contribution in [2.24, 2.45) is 17.8 Å². The van der Waals surface area contributed by atoms with Gasteiger partial charge in [0.1, 0.15) is 0 Å². The molecule has 0 aliphatic heterocycles. The minimum atomic E-state index is 0.622. The molecule has 0 aromatic carbocycles. The lowest BCUT2D eigenvalue weighted by atomic mass is 9.97. The van der Waals surface area contributed by atoms with Crippen LogP contribution in [-0.4, -0.2) is 4.98 Å². The van der Waals surface area contributed by atoms with Crippen LogP contribution in [0.5, 0.6) is 0 Å². The Morgan fingerprint density at radius 3 is 2.55 bits per heavy atom. The van der Waals surface area contributed by atoms with Gasteiger partial charge in [-0.1, -0.05) is 65.0 Å². The summed E-state index contributed by atoms with van der Waals surface area (Å²) >= 11 is 0. The predicted octanol–water partition coefficient (Wildman–Crippen LogP) is 4.32. The van der Waals surface area contributed by atoms with E-state index in [1.807, 2.05) is 33.9 Å². The van der Waals surface area contributed by atoms with Crippen molar-refractivity contribution in [1.29, 1.82) is 0 Å². The number of hydrogen-bond donors (Lipinski definition) is 0. The summed E-state index contributed by atoms with van der Waals surface area (Å²) in [5, 5.41) is 2.46. The van der Waals surface area contributed by atoms with Crippen molar-refractivity contribution in [3.05, 3.63) is 46.6 Å². The molecular weight excluding hydrogens is 266 g/mol. The van der Waals surface area contributed by atoms with Crippen LogP contribution in [0.4, 0.5) is 0 Å². The maximum absolute atomic E-state index is 4.62. The van der Waals surface area contributed by atoms with Gasteiger partial charge in [-0.3, -0.25) is 4.98 Å². The Morgan fingerprint density at radius 1 is 1.05 bits per heavy atom. The molecule has 3 atom stereocenters. The zero-order chi connectivity index (χ0) is 16.1. The number of aromatic nitrogens is 1. The first kappa shape index (κ1) is 16.7. The quantitative estimate of drug-likeness (QED) is 0.751. The molecule has 1 saturated carbocycles. The smallest absolute Gasteiger partial charge is 0.0662 e. The molecule has 3 aliphatic rings. The monoisotopic (exact) mass is 295 g/mol. The first-order valence-corrected chi connectivity index (χ1v) is 8.88. The van der Waals surface area contributed by atoms with Crippen molar-refractivity contribution < 1.29 is 0 Å². The fraction of sp³-hybridized carbons (Fsp3) is 0.476. The van der Waals surface area contributed by atoms with E-state index in [2.05, 4.69) is 48.4 Å². The second-order valence-electron chi connectivity index (χ2n) is 5.83. The standard InChI is InChI=1S/C17H17N.2C2H6/c1-11-2-3-14-9-16(10-18-17(14)6-11)13-5-4-12-7-15(12)8-13;2*1-2/h3-6,8-12,15H,2,7H2,1H3;2*1-2H3. The lowest BCUT2D eigenvalue weighted by Gasteiger charge is -2.10. The molecule has 1 aromatic heterocycles. The van der Waals surface area contributed by atoms with E-state index >= 15 is 0 Å². The van der Waals surface area contributed by atoms with E-state index in [0.29, 0.717) is 5.92 Å². The normalized spacial score (nSPS) is 26.4. The summed E-state index contributed by atoms with van der Waals surface area (Å²) in [6.07, 6.45) is 16.2. The number of allylic oxidation sites excluding steroid dienone is 4. The Hall–Kier alpha value is -1.63. The van der Waals surface area contributed by atoms with Crippen LogP contribution >= 0.6 is 0 Å². The van der Waals surface area contributed by atoms with Gasteiger partial charge in [0, 0.05) is 11.8 Å². The van der Waals surface area contributed by atoms with Gasteiger partial charge in [-0.25, -0.2) is 0 Å². The summed E-state index contributed by atoms with van der Waals surface area (Å²) in [7, 11) is 0. The molecule has 1 fully saturated rings. The van der Waals surface area contributed by atoms with Crippen LogP contribution < -0.4 is 10.6 Å². The highest BCUT2D eigenvalue weighted by molar-refractivity contribution is 5.75. The third kappa shape index (κ3) is 3.58. The van der Waals surface area contributed by atoms with Gasteiger partial charge in [0.15, 0.2) is 0 Å². The molecule has 0 amide bonds. The molecule has 3 unspecified atom stereocenters. The summed E-state index contributed by atoms with van der Waals surface area (Å²) < 4.78 is 0. The van der Waals surface area contributed by atoms with Crippen molar-refractivity contribution in [2.45, 2.75) is 47.5 Å². The molecule has 0 saturated heterocycles. The number of fused-ring (bicyclic) bond motifs is 2. The van der Waals surface area contributed by atoms with Gasteiger partial charge in [-0.05, 0) is 47.5 Å². The van der Waals surface area contributed by atoms with Crippen molar-refractivity contribution >= 4 is 17.7 Å². The first-order chi connectivity index (χ1) is 10.8. The summed E-state index contributed by atoms with van der Waals surface area (Å²) in [5.41, 5.74) is 2.63. The first-order valence-electron chi connectivity index (χ1n) is 8.88. The Morgan fingerprint density at radius 2 is 1.82 bits per heavy atom. The largest absolute Gasteiger partial charge is 0.256 e. The van der Waals surface area contributed by atoms with E-state index in [-0.39, 0.29) is 0 Å². The predicted molar refractivity (Wildman–Crippen MR) is 97.6 cm³/mol. The van der Waals surface area contributed by atoms with Gasteiger partial charge in [0.05, 0.1) is 5.35 Å². The molecule has 1 heterocycles. The van der Waals surface area contributed by atoms with E-state index in [4.69, 9.17) is 0 Å². The average Bonchev–Trinajstić information content (AvgIpc) is 3.36. The molecule has 1 heteroatoms. The minimum absolute atomic E-state index is 0.622. The average molecular weight is 295 g/mol. The zero-order valence-corrected chi connectivity index (χ0v) is 14.6. The van der Waals surface area contributed by atoms with Crippen LogP contribution in [0, 0.1) is 17.8 Å². The van der Waals surface area contributed by atoms with Crippen LogP contribution in [0.2, 0.25) is 0 Å². The van der Waals surface area contributed by atoms with E-state index in [1.165, 1.54) is 22.8 Å². The molecule has 118 valence electrons. The maximum atomic E-state index is 4.62. The number of pyridine rings is 1. The highest BCUT2D eigenvalue weighted by atomic mass is 14.6. The lowest BCUT2D eigenvalue weighted by molar-refractivity contribution is 0.794. The summed E-state index contributed by atoms with van der Waals surface area (Å²) in [6, 6.07) is 2.30. The minimum Gasteiger partial charge on any atom is -0.256 e. The van der Waals surface area contributed by atoms with Gasteiger partial charge < -0.3 is 0 Å². The summed E-state index contributed by atoms with van der Waals surface area (Å²) in [4.78, 5) is 4.62. The van der Waals surface area contributed by atoms with Crippen LogP contribution in [-0.2, 0) is 0 Å². The third-order valence-corrected chi connectivity index (χ3v) is 4.24. The van der Waals surface area contributed by atoms with Crippen molar-refractivity contribution in [2.75, 3.05) is 0 Å². The zero-order valence-electron chi connectivity index (χ0n) is 14.6. The third-order valence-electron chi connectivity index (χ3n) is 4.24. The topological polar surface area (TPSA) is 12.9 Å². The van der Waals surface area contributed by atoms with E-state index in [0.717, 1.165) is 23.6 Å². The summed E-state index contributed by atoms with van der Waals surface area (Å²) in [6.45, 7) is 10.2. The summed E-state index contributed by atoms with van der Waals surface area (Å²) in [5.74, 6) is 2.26.